The molecule has 5 rings (SSSR count). The molecule has 3 aromatic heterocycles. The molecule has 0 bridgehead atoms. The summed E-state index contributed by atoms with van der Waals surface area (Å²) >= 11 is 2.70. The van der Waals surface area contributed by atoms with Crippen molar-refractivity contribution in [2.75, 3.05) is 5.32 Å². The summed E-state index contributed by atoms with van der Waals surface area (Å²) in [7, 11) is 0. The van der Waals surface area contributed by atoms with E-state index < -0.39 is 0 Å². The summed E-state index contributed by atoms with van der Waals surface area (Å²) in [5, 5.41) is 15.7. The molecule has 1 fully saturated rings. The van der Waals surface area contributed by atoms with Gasteiger partial charge in [0.1, 0.15) is 4.83 Å². The molecule has 3 heterocycles. The third kappa shape index (κ3) is 3.00. The number of rotatable bonds is 5. The van der Waals surface area contributed by atoms with Gasteiger partial charge in [-0.1, -0.05) is 36.4 Å². The van der Waals surface area contributed by atoms with Crippen LogP contribution in [0, 0.1) is 0 Å². The van der Waals surface area contributed by atoms with Gasteiger partial charge in [-0.2, -0.15) is 5.10 Å². The van der Waals surface area contributed by atoms with E-state index in [4.69, 9.17) is 0 Å². The predicted octanol–water partition coefficient (Wildman–Crippen LogP) is 4.36. The molecule has 1 saturated carbocycles. The van der Waals surface area contributed by atoms with Crippen molar-refractivity contribution in [1.82, 2.24) is 15.5 Å². The second kappa shape index (κ2) is 6.57. The lowest BCUT2D eigenvalue weighted by atomic mass is 10.1. The second-order valence-corrected chi connectivity index (χ2v) is 8.76. The summed E-state index contributed by atoms with van der Waals surface area (Å²) in [4.78, 5) is 27.1. The summed E-state index contributed by atoms with van der Waals surface area (Å²) in [5.41, 5.74) is 0.876. The number of nitrogens with zero attached hydrogens (tertiary/aromatic N) is 1. The lowest BCUT2D eigenvalue weighted by Crippen LogP contribution is -2.34. The molecular formula is C20H16N4O2S2. The Morgan fingerprint density at radius 3 is 2.57 bits per heavy atom. The number of aromatic nitrogens is 2. The number of fused-ring (bicyclic) bond motifs is 1. The number of aromatic amines is 1. The van der Waals surface area contributed by atoms with Gasteiger partial charge in [0.05, 0.1) is 20.7 Å². The van der Waals surface area contributed by atoms with Crippen molar-refractivity contribution in [2.45, 2.75) is 18.4 Å². The molecule has 0 saturated heterocycles. The van der Waals surface area contributed by atoms with Crippen LogP contribution < -0.4 is 10.6 Å². The van der Waals surface area contributed by atoms with Gasteiger partial charge >= 0.3 is 0 Å². The van der Waals surface area contributed by atoms with Crippen LogP contribution in [0.3, 0.4) is 0 Å². The van der Waals surface area contributed by atoms with Crippen molar-refractivity contribution in [2.24, 2.45) is 0 Å². The van der Waals surface area contributed by atoms with Crippen molar-refractivity contribution >= 4 is 50.5 Å². The van der Waals surface area contributed by atoms with Crippen LogP contribution in [0.5, 0.6) is 0 Å². The van der Waals surface area contributed by atoms with Gasteiger partial charge in [0.2, 0.25) is 0 Å². The Morgan fingerprint density at radius 2 is 1.86 bits per heavy atom. The maximum absolute atomic E-state index is 12.8. The Balaban J connectivity index is 1.36. The van der Waals surface area contributed by atoms with Crippen LogP contribution in [0.25, 0.3) is 10.2 Å². The fourth-order valence-corrected chi connectivity index (χ4v) is 4.76. The van der Waals surface area contributed by atoms with Gasteiger partial charge in [-0.3, -0.25) is 14.7 Å². The number of thiophene rings is 2. The molecule has 4 aromatic rings. The predicted molar refractivity (Wildman–Crippen MR) is 111 cm³/mol. The van der Waals surface area contributed by atoms with Gasteiger partial charge in [0.25, 0.3) is 11.8 Å². The molecule has 28 heavy (non-hydrogen) atoms. The highest BCUT2D eigenvalue weighted by Gasteiger charge is 2.45. The average Bonchev–Trinajstić information content (AvgIpc) is 3.10. The average molecular weight is 409 g/mol. The van der Waals surface area contributed by atoms with E-state index in [-0.39, 0.29) is 17.4 Å². The number of nitrogens with one attached hydrogen (secondary N) is 3. The summed E-state index contributed by atoms with van der Waals surface area (Å²) in [6.45, 7) is 0. The molecule has 0 spiro atoms. The normalized spacial score (nSPS) is 14.7. The number of hydrogen-bond donors (Lipinski definition) is 3. The quantitative estimate of drug-likeness (QED) is 0.459. The van der Waals surface area contributed by atoms with Gasteiger partial charge in [-0.05, 0) is 35.9 Å². The number of H-pyrrole nitrogens is 1. The first-order chi connectivity index (χ1) is 13.6. The number of carbonyl (C=O) groups excluding carboxylic acids is 2. The minimum atomic E-state index is -0.259. The Labute approximate surface area is 168 Å². The number of hydrogen-bond acceptors (Lipinski definition) is 5. The molecule has 0 aliphatic heterocycles. The Kier molecular flexibility index (Phi) is 4.03. The zero-order chi connectivity index (χ0) is 19.1. The molecule has 0 radical (unpaired) electrons. The highest BCUT2D eigenvalue weighted by molar-refractivity contribution is 7.20. The number of amides is 2. The third-order valence-electron chi connectivity index (χ3n) is 4.89. The number of benzene rings is 1. The van der Waals surface area contributed by atoms with E-state index >= 15 is 0 Å². The molecule has 0 atom stereocenters. The Hall–Kier alpha value is -2.97. The Bertz CT molecular complexity index is 1160. The highest BCUT2D eigenvalue weighted by Crippen LogP contribution is 2.45. The maximum Gasteiger partial charge on any atom is 0.266 e. The molecule has 8 heteroatoms. The van der Waals surface area contributed by atoms with Crippen molar-refractivity contribution in [1.29, 1.82) is 0 Å². The maximum atomic E-state index is 12.8. The fraction of sp³-hybridized carbons (Fsp3) is 0.150. The fourth-order valence-electron chi connectivity index (χ4n) is 3.25. The van der Waals surface area contributed by atoms with Crippen LogP contribution in [0.4, 0.5) is 5.82 Å². The van der Waals surface area contributed by atoms with Gasteiger partial charge in [-0.15, -0.1) is 22.7 Å². The van der Waals surface area contributed by atoms with Crippen molar-refractivity contribution in [3.8, 4) is 0 Å². The van der Waals surface area contributed by atoms with Gasteiger partial charge < -0.3 is 10.6 Å². The first kappa shape index (κ1) is 17.2. The standard InChI is InChI=1S/C20H16N4O2S2/c25-17(14-7-4-10-27-14)21-16-13-11-15(28-19(13)24-23-16)18(26)22-20(8-9-20)12-5-2-1-3-6-12/h1-7,10-11H,8-9H2,(H,22,26)(H2,21,23,24,25). The lowest BCUT2D eigenvalue weighted by molar-refractivity contribution is 0.0934. The second-order valence-electron chi connectivity index (χ2n) is 6.76. The third-order valence-corrected chi connectivity index (χ3v) is 6.79. The smallest absolute Gasteiger partial charge is 0.266 e. The highest BCUT2D eigenvalue weighted by atomic mass is 32.1. The monoisotopic (exact) mass is 408 g/mol. The van der Waals surface area contributed by atoms with Crippen LogP contribution in [-0.2, 0) is 5.54 Å². The summed E-state index contributed by atoms with van der Waals surface area (Å²) < 4.78 is 0. The van der Waals surface area contributed by atoms with Gasteiger partial charge in [0.15, 0.2) is 5.82 Å². The molecule has 140 valence electrons. The lowest BCUT2D eigenvalue weighted by Gasteiger charge is -2.17. The summed E-state index contributed by atoms with van der Waals surface area (Å²) in [6.07, 6.45) is 1.88. The van der Waals surface area contributed by atoms with Crippen molar-refractivity contribution in [3.05, 3.63) is 69.2 Å². The molecule has 2 amide bonds. The molecule has 3 N–H and O–H groups in total. The van der Waals surface area contributed by atoms with Crippen LogP contribution in [-0.4, -0.2) is 22.0 Å². The van der Waals surface area contributed by atoms with Crippen LogP contribution in [0.1, 0.15) is 37.7 Å². The van der Waals surface area contributed by atoms with Crippen molar-refractivity contribution in [3.63, 3.8) is 0 Å². The van der Waals surface area contributed by atoms with Crippen molar-refractivity contribution < 1.29 is 9.59 Å². The summed E-state index contributed by atoms with van der Waals surface area (Å²) in [6, 6.07) is 15.4. The Morgan fingerprint density at radius 1 is 1.04 bits per heavy atom. The van der Waals surface area contributed by atoms with Gasteiger partial charge in [-0.25, -0.2) is 0 Å². The zero-order valence-corrected chi connectivity index (χ0v) is 16.3. The molecular weight excluding hydrogens is 392 g/mol. The van der Waals surface area contributed by atoms with E-state index in [1.165, 1.54) is 22.7 Å². The zero-order valence-electron chi connectivity index (χ0n) is 14.7. The van der Waals surface area contributed by atoms with E-state index in [1.807, 2.05) is 41.8 Å². The van der Waals surface area contributed by atoms with E-state index in [0.29, 0.717) is 15.6 Å². The molecule has 6 nitrogen and oxygen atoms in total. The molecule has 1 aromatic carbocycles. The van der Waals surface area contributed by atoms with E-state index in [9.17, 15) is 9.59 Å². The molecule has 1 aliphatic carbocycles. The van der Waals surface area contributed by atoms with Gasteiger partial charge in [0, 0.05) is 0 Å². The topological polar surface area (TPSA) is 86.9 Å². The summed E-state index contributed by atoms with van der Waals surface area (Å²) in [5.74, 6) is 0.126. The first-order valence-electron chi connectivity index (χ1n) is 8.85. The molecule has 1 aliphatic rings. The first-order valence-corrected chi connectivity index (χ1v) is 10.6. The van der Waals surface area contributed by atoms with Crippen LogP contribution in [0.15, 0.2) is 53.9 Å². The largest absolute Gasteiger partial charge is 0.342 e. The molecule has 0 unspecified atom stereocenters. The number of carbonyl (C=O) groups is 2. The van der Waals surface area contributed by atoms with Crippen LogP contribution in [0.2, 0.25) is 0 Å². The minimum Gasteiger partial charge on any atom is -0.342 e. The van der Waals surface area contributed by atoms with E-state index in [1.54, 1.807) is 12.1 Å². The van der Waals surface area contributed by atoms with E-state index in [2.05, 4.69) is 20.8 Å². The SMILES string of the molecule is O=C(Nc1n[nH]c2sc(C(=O)NC3(c4ccccc4)CC3)cc12)c1cccs1. The number of anilines is 1. The minimum absolute atomic E-state index is 0.105. The van der Waals surface area contributed by atoms with Crippen LogP contribution >= 0.6 is 22.7 Å². The van der Waals surface area contributed by atoms with E-state index in [0.717, 1.165) is 28.6 Å².